The monoisotopic (exact) mass is 354 g/mol. The van der Waals surface area contributed by atoms with Crippen LogP contribution in [0, 0.1) is 5.82 Å². The summed E-state index contributed by atoms with van der Waals surface area (Å²) < 4.78 is 20.7. The first-order valence-electron chi connectivity index (χ1n) is 9.22. The minimum absolute atomic E-state index is 0.155. The number of aliphatic hydroxyl groups excluding tert-OH is 1. The minimum Gasteiger partial charge on any atom is -0.491 e. The van der Waals surface area contributed by atoms with Crippen molar-refractivity contribution in [3.05, 3.63) is 60.2 Å². The molecular weight excluding hydrogens is 331 g/mol. The highest BCUT2D eigenvalue weighted by Crippen LogP contribution is 2.35. The number of rotatable bonds is 6. The minimum atomic E-state index is -0.669. The van der Waals surface area contributed by atoms with E-state index in [-0.39, 0.29) is 12.4 Å². The fraction of sp³-hybridized carbons (Fsp3) is 0.381. The normalized spacial score (nSPS) is 16.2. The Kier molecular flexibility index (Phi) is 4.89. The lowest BCUT2D eigenvalue weighted by atomic mass is 10.1. The number of fused-ring (bicyclic) bond motifs is 1. The fourth-order valence-corrected chi connectivity index (χ4v) is 3.77. The average Bonchev–Trinajstić information content (AvgIpc) is 3.30. The molecule has 1 fully saturated rings. The number of ether oxygens (including phenoxy) is 1. The Bertz CT molecular complexity index is 869. The summed E-state index contributed by atoms with van der Waals surface area (Å²) in [4.78, 5) is 4.85. The first-order chi connectivity index (χ1) is 12.7. The number of para-hydroxylation sites is 2. The summed E-state index contributed by atoms with van der Waals surface area (Å²) in [6, 6.07) is 13.9. The van der Waals surface area contributed by atoms with Gasteiger partial charge in [-0.3, -0.25) is 0 Å². The van der Waals surface area contributed by atoms with Crippen LogP contribution in [0.5, 0.6) is 5.75 Å². The third kappa shape index (κ3) is 3.58. The number of imidazole rings is 1. The van der Waals surface area contributed by atoms with Crippen molar-refractivity contribution in [1.29, 1.82) is 0 Å². The molecule has 0 saturated heterocycles. The summed E-state index contributed by atoms with van der Waals surface area (Å²) in [7, 11) is 0. The number of nitrogens with zero attached hydrogens (tertiary/aromatic N) is 2. The SMILES string of the molecule is OC(COc1ccc(F)cc1)Cn1c(C2CCCC2)nc2ccccc21. The van der Waals surface area contributed by atoms with E-state index in [1.165, 1.54) is 25.0 Å². The van der Waals surface area contributed by atoms with Crippen LogP contribution < -0.4 is 4.74 Å². The van der Waals surface area contributed by atoms with Crippen LogP contribution in [0.2, 0.25) is 0 Å². The number of hydrogen-bond acceptors (Lipinski definition) is 3. The lowest BCUT2D eigenvalue weighted by Crippen LogP contribution is -2.25. The highest BCUT2D eigenvalue weighted by Gasteiger charge is 2.24. The maximum absolute atomic E-state index is 13.0. The molecule has 1 aliphatic carbocycles. The van der Waals surface area contributed by atoms with Crippen LogP contribution in [0.25, 0.3) is 11.0 Å². The van der Waals surface area contributed by atoms with E-state index in [2.05, 4.69) is 4.57 Å². The smallest absolute Gasteiger partial charge is 0.123 e. The molecule has 1 unspecified atom stereocenters. The van der Waals surface area contributed by atoms with E-state index < -0.39 is 6.10 Å². The number of aliphatic hydroxyl groups is 1. The van der Waals surface area contributed by atoms with Crippen LogP contribution >= 0.6 is 0 Å². The predicted octanol–water partition coefficient (Wildman–Crippen LogP) is 4.27. The van der Waals surface area contributed by atoms with Gasteiger partial charge in [-0.15, -0.1) is 0 Å². The van der Waals surface area contributed by atoms with Crippen molar-refractivity contribution in [2.24, 2.45) is 0 Å². The molecule has 1 heterocycles. The standard InChI is InChI=1S/C21H23FN2O2/c22-16-9-11-18(12-10-16)26-14-17(25)13-24-20-8-4-3-7-19(20)23-21(24)15-5-1-2-6-15/h3-4,7-12,15,17,25H,1-2,5-6,13-14H2. The first kappa shape index (κ1) is 17.0. The molecule has 1 aromatic heterocycles. The molecule has 4 rings (SSSR count). The van der Waals surface area contributed by atoms with E-state index >= 15 is 0 Å². The van der Waals surface area contributed by atoms with Crippen LogP contribution in [0.4, 0.5) is 4.39 Å². The number of halogens is 1. The Balaban J connectivity index is 1.51. The number of benzene rings is 2. The van der Waals surface area contributed by atoms with Gasteiger partial charge in [-0.2, -0.15) is 0 Å². The molecule has 0 radical (unpaired) electrons. The van der Waals surface area contributed by atoms with Gasteiger partial charge in [-0.25, -0.2) is 9.37 Å². The van der Waals surface area contributed by atoms with Crippen molar-refractivity contribution in [2.45, 2.75) is 44.2 Å². The highest BCUT2D eigenvalue weighted by atomic mass is 19.1. The van der Waals surface area contributed by atoms with E-state index in [1.807, 2.05) is 24.3 Å². The number of hydrogen-bond donors (Lipinski definition) is 1. The molecule has 0 bridgehead atoms. The summed E-state index contributed by atoms with van der Waals surface area (Å²) in [5, 5.41) is 10.5. The molecule has 0 aliphatic heterocycles. The zero-order valence-electron chi connectivity index (χ0n) is 14.6. The van der Waals surface area contributed by atoms with Gasteiger partial charge in [0.2, 0.25) is 0 Å². The van der Waals surface area contributed by atoms with Crippen molar-refractivity contribution >= 4 is 11.0 Å². The van der Waals surface area contributed by atoms with E-state index in [4.69, 9.17) is 9.72 Å². The van der Waals surface area contributed by atoms with Gasteiger partial charge >= 0.3 is 0 Å². The molecule has 1 atom stereocenters. The Morgan fingerprint density at radius 2 is 1.85 bits per heavy atom. The van der Waals surface area contributed by atoms with E-state index in [9.17, 15) is 9.50 Å². The number of aromatic nitrogens is 2. The molecule has 3 aromatic rings. The van der Waals surface area contributed by atoms with E-state index in [0.29, 0.717) is 18.2 Å². The largest absolute Gasteiger partial charge is 0.491 e. The Labute approximate surface area is 152 Å². The fourth-order valence-electron chi connectivity index (χ4n) is 3.77. The zero-order valence-corrected chi connectivity index (χ0v) is 14.6. The predicted molar refractivity (Wildman–Crippen MR) is 98.8 cm³/mol. The van der Waals surface area contributed by atoms with Gasteiger partial charge in [0, 0.05) is 5.92 Å². The van der Waals surface area contributed by atoms with Crippen molar-refractivity contribution in [2.75, 3.05) is 6.61 Å². The van der Waals surface area contributed by atoms with Crippen LogP contribution in [0.15, 0.2) is 48.5 Å². The van der Waals surface area contributed by atoms with Gasteiger partial charge < -0.3 is 14.4 Å². The Morgan fingerprint density at radius 3 is 2.62 bits per heavy atom. The quantitative estimate of drug-likeness (QED) is 0.719. The lowest BCUT2D eigenvalue weighted by Gasteiger charge is -2.18. The Morgan fingerprint density at radius 1 is 1.12 bits per heavy atom. The maximum atomic E-state index is 13.0. The molecule has 0 spiro atoms. The molecule has 26 heavy (non-hydrogen) atoms. The Hall–Kier alpha value is -2.40. The second kappa shape index (κ2) is 7.46. The van der Waals surface area contributed by atoms with Gasteiger partial charge in [0.1, 0.15) is 30.1 Å². The lowest BCUT2D eigenvalue weighted by molar-refractivity contribution is 0.0924. The second-order valence-electron chi connectivity index (χ2n) is 6.97. The molecule has 2 aromatic carbocycles. The van der Waals surface area contributed by atoms with Gasteiger partial charge in [-0.1, -0.05) is 25.0 Å². The molecule has 0 amide bonds. The summed E-state index contributed by atoms with van der Waals surface area (Å²) in [5.41, 5.74) is 2.02. The average molecular weight is 354 g/mol. The van der Waals surface area contributed by atoms with Gasteiger partial charge in [0.05, 0.1) is 17.6 Å². The van der Waals surface area contributed by atoms with E-state index in [0.717, 1.165) is 29.7 Å². The molecule has 5 heteroatoms. The molecule has 1 aliphatic rings. The van der Waals surface area contributed by atoms with Crippen molar-refractivity contribution < 1.29 is 14.2 Å². The summed E-state index contributed by atoms with van der Waals surface area (Å²) >= 11 is 0. The molecule has 136 valence electrons. The van der Waals surface area contributed by atoms with E-state index in [1.54, 1.807) is 12.1 Å². The van der Waals surface area contributed by atoms with Crippen LogP contribution in [-0.4, -0.2) is 27.4 Å². The highest BCUT2D eigenvalue weighted by molar-refractivity contribution is 5.76. The zero-order chi connectivity index (χ0) is 17.9. The molecule has 1 N–H and O–H groups in total. The summed E-state index contributed by atoms with van der Waals surface area (Å²) in [6.07, 6.45) is 4.13. The van der Waals surface area contributed by atoms with Crippen molar-refractivity contribution in [3.63, 3.8) is 0 Å². The molecule has 1 saturated carbocycles. The third-order valence-electron chi connectivity index (χ3n) is 5.05. The van der Waals surface area contributed by atoms with Crippen LogP contribution in [0.1, 0.15) is 37.4 Å². The summed E-state index contributed by atoms with van der Waals surface area (Å²) in [5.74, 6) is 1.79. The van der Waals surface area contributed by atoms with Gasteiger partial charge in [0.15, 0.2) is 0 Å². The van der Waals surface area contributed by atoms with Crippen LogP contribution in [0.3, 0.4) is 0 Å². The summed E-state index contributed by atoms with van der Waals surface area (Å²) in [6.45, 7) is 0.593. The molecule has 4 nitrogen and oxygen atoms in total. The maximum Gasteiger partial charge on any atom is 0.123 e. The second-order valence-corrected chi connectivity index (χ2v) is 6.97. The van der Waals surface area contributed by atoms with Crippen molar-refractivity contribution in [3.8, 4) is 5.75 Å². The molecular formula is C21H23FN2O2. The van der Waals surface area contributed by atoms with Gasteiger partial charge in [0.25, 0.3) is 0 Å². The first-order valence-corrected chi connectivity index (χ1v) is 9.22. The van der Waals surface area contributed by atoms with Crippen molar-refractivity contribution in [1.82, 2.24) is 9.55 Å². The van der Waals surface area contributed by atoms with Gasteiger partial charge in [-0.05, 0) is 49.2 Å². The third-order valence-corrected chi connectivity index (χ3v) is 5.05. The van der Waals surface area contributed by atoms with Crippen LogP contribution in [-0.2, 0) is 6.54 Å². The topological polar surface area (TPSA) is 47.3 Å².